The van der Waals surface area contributed by atoms with Crippen LogP contribution < -0.4 is 0 Å². The van der Waals surface area contributed by atoms with Crippen molar-refractivity contribution >= 4 is 5.97 Å². The van der Waals surface area contributed by atoms with Gasteiger partial charge in [0.2, 0.25) is 0 Å². The van der Waals surface area contributed by atoms with Gasteiger partial charge >= 0.3 is 5.97 Å². The Labute approximate surface area is 135 Å². The predicted molar refractivity (Wildman–Crippen MR) is 91.6 cm³/mol. The lowest BCUT2D eigenvalue weighted by Crippen LogP contribution is -2.20. The first kappa shape index (κ1) is 20.7. The third-order valence-electron chi connectivity index (χ3n) is 3.57. The van der Waals surface area contributed by atoms with E-state index in [1.165, 1.54) is 0 Å². The average Bonchev–Trinajstić information content (AvgIpc) is 2.44. The maximum Gasteiger partial charge on any atom is 0.303 e. The molecular formula is C19H32O3. The normalized spacial score (nSPS) is 13.6. The Morgan fingerprint density at radius 2 is 1.77 bits per heavy atom. The minimum atomic E-state index is -0.871. The second-order valence-electron chi connectivity index (χ2n) is 6.10. The van der Waals surface area contributed by atoms with Crippen LogP contribution in [0.25, 0.3) is 0 Å². The molecule has 126 valence electrons. The molecule has 0 bridgehead atoms. The van der Waals surface area contributed by atoms with Gasteiger partial charge in [0.05, 0.1) is 0 Å². The standard InChI is InChI=1S/C19H32O3/c1-3-4-13-16-19(2,22)17-14-11-9-7-5-6-8-10-12-15-18(20)21/h9,11,22H,3-8,10,12-13,15-16H2,1-2H3,(H,20,21)/b11-9-. The molecule has 0 heterocycles. The Bertz CT molecular complexity index is 372. The van der Waals surface area contributed by atoms with Crippen molar-refractivity contribution in [1.82, 2.24) is 0 Å². The van der Waals surface area contributed by atoms with E-state index in [0.29, 0.717) is 0 Å². The Kier molecular flexibility index (Phi) is 12.6. The summed E-state index contributed by atoms with van der Waals surface area (Å²) in [4.78, 5) is 10.3. The van der Waals surface area contributed by atoms with Crippen molar-refractivity contribution in [3.63, 3.8) is 0 Å². The molecule has 22 heavy (non-hydrogen) atoms. The number of hydrogen-bond acceptors (Lipinski definition) is 2. The van der Waals surface area contributed by atoms with Crippen LogP contribution in [-0.2, 0) is 4.79 Å². The molecule has 1 unspecified atom stereocenters. The first-order valence-corrected chi connectivity index (χ1v) is 8.60. The second-order valence-corrected chi connectivity index (χ2v) is 6.10. The fraction of sp³-hybridized carbons (Fsp3) is 0.737. The molecule has 2 N–H and O–H groups in total. The van der Waals surface area contributed by atoms with E-state index in [-0.39, 0.29) is 6.42 Å². The van der Waals surface area contributed by atoms with Gasteiger partial charge in [-0.05, 0) is 45.1 Å². The first-order valence-electron chi connectivity index (χ1n) is 8.60. The number of rotatable bonds is 12. The average molecular weight is 308 g/mol. The summed E-state index contributed by atoms with van der Waals surface area (Å²) in [5.74, 6) is 5.14. The van der Waals surface area contributed by atoms with E-state index in [4.69, 9.17) is 5.11 Å². The van der Waals surface area contributed by atoms with E-state index in [9.17, 15) is 9.90 Å². The molecule has 0 aliphatic carbocycles. The Morgan fingerprint density at radius 3 is 2.45 bits per heavy atom. The zero-order valence-electron chi connectivity index (χ0n) is 14.2. The highest BCUT2D eigenvalue weighted by Crippen LogP contribution is 2.13. The fourth-order valence-corrected chi connectivity index (χ4v) is 2.19. The van der Waals surface area contributed by atoms with Gasteiger partial charge in [-0.1, -0.05) is 56.9 Å². The van der Waals surface area contributed by atoms with Crippen molar-refractivity contribution in [2.75, 3.05) is 0 Å². The molecule has 3 nitrogen and oxygen atoms in total. The van der Waals surface area contributed by atoms with E-state index < -0.39 is 11.6 Å². The summed E-state index contributed by atoms with van der Waals surface area (Å²) in [7, 11) is 0. The molecule has 0 radical (unpaired) electrons. The maximum atomic E-state index is 10.3. The van der Waals surface area contributed by atoms with Gasteiger partial charge in [-0.25, -0.2) is 0 Å². The van der Waals surface area contributed by atoms with Crippen LogP contribution in [0.5, 0.6) is 0 Å². The van der Waals surface area contributed by atoms with E-state index in [1.54, 1.807) is 6.92 Å². The molecule has 0 saturated heterocycles. The van der Waals surface area contributed by atoms with Crippen molar-refractivity contribution in [1.29, 1.82) is 0 Å². The molecule has 0 aromatic rings. The van der Waals surface area contributed by atoms with Gasteiger partial charge in [0, 0.05) is 6.42 Å². The van der Waals surface area contributed by atoms with Crippen LogP contribution >= 0.6 is 0 Å². The fourth-order valence-electron chi connectivity index (χ4n) is 2.19. The lowest BCUT2D eigenvalue weighted by atomic mass is 9.99. The number of allylic oxidation sites excluding steroid dienone is 2. The van der Waals surface area contributed by atoms with Crippen LogP contribution in [0.3, 0.4) is 0 Å². The highest BCUT2D eigenvalue weighted by molar-refractivity contribution is 5.66. The number of aliphatic hydroxyl groups is 1. The molecule has 0 aliphatic heterocycles. The van der Waals surface area contributed by atoms with Gasteiger partial charge in [0.1, 0.15) is 5.60 Å². The van der Waals surface area contributed by atoms with Crippen molar-refractivity contribution in [3.05, 3.63) is 12.2 Å². The molecule has 3 heteroatoms. The maximum absolute atomic E-state index is 10.3. The molecule has 0 amide bonds. The number of unbranched alkanes of at least 4 members (excludes halogenated alkanes) is 7. The van der Waals surface area contributed by atoms with Gasteiger partial charge < -0.3 is 10.2 Å². The summed E-state index contributed by atoms with van der Waals surface area (Å²) < 4.78 is 0. The first-order chi connectivity index (χ1) is 10.5. The second kappa shape index (κ2) is 13.4. The van der Waals surface area contributed by atoms with Crippen LogP contribution in [0.2, 0.25) is 0 Å². The number of carboxylic acids is 1. The molecule has 1 atom stereocenters. The van der Waals surface area contributed by atoms with Crippen molar-refractivity contribution in [3.8, 4) is 11.8 Å². The summed E-state index contributed by atoms with van der Waals surface area (Å²) in [6.45, 7) is 3.93. The largest absolute Gasteiger partial charge is 0.481 e. The molecular weight excluding hydrogens is 276 g/mol. The summed E-state index contributed by atoms with van der Waals surface area (Å²) in [5.41, 5.74) is -0.871. The minimum absolute atomic E-state index is 0.285. The van der Waals surface area contributed by atoms with Crippen molar-refractivity contribution in [2.24, 2.45) is 0 Å². The number of carboxylic acid groups (broad SMARTS) is 1. The molecule has 0 saturated carbocycles. The number of hydrogen-bond donors (Lipinski definition) is 2. The lowest BCUT2D eigenvalue weighted by Gasteiger charge is -2.15. The Hall–Kier alpha value is -1.27. The summed E-state index contributed by atoms with van der Waals surface area (Å²) >= 11 is 0. The molecule has 0 aliphatic rings. The third kappa shape index (κ3) is 15.1. The van der Waals surface area contributed by atoms with Gasteiger partial charge in [0.15, 0.2) is 0 Å². The van der Waals surface area contributed by atoms with Gasteiger partial charge in [-0.15, -0.1) is 0 Å². The van der Waals surface area contributed by atoms with Crippen LogP contribution in [0.15, 0.2) is 12.2 Å². The van der Waals surface area contributed by atoms with E-state index in [1.807, 2.05) is 12.2 Å². The van der Waals surface area contributed by atoms with Crippen molar-refractivity contribution < 1.29 is 15.0 Å². The Morgan fingerprint density at radius 1 is 1.09 bits per heavy atom. The van der Waals surface area contributed by atoms with E-state index in [0.717, 1.165) is 64.2 Å². The van der Waals surface area contributed by atoms with Gasteiger partial charge in [0.25, 0.3) is 0 Å². The minimum Gasteiger partial charge on any atom is -0.481 e. The predicted octanol–water partition coefficient (Wildman–Crippen LogP) is 4.69. The zero-order valence-corrected chi connectivity index (χ0v) is 14.2. The zero-order chi connectivity index (χ0) is 16.7. The SMILES string of the molecule is CCCCCC(C)(O)C#C/C=C\CCCCCCCC(=O)O. The van der Waals surface area contributed by atoms with Gasteiger partial charge in [-0.3, -0.25) is 4.79 Å². The highest BCUT2D eigenvalue weighted by Gasteiger charge is 2.15. The molecule has 0 aromatic carbocycles. The number of carbonyl (C=O) groups is 1. The van der Waals surface area contributed by atoms with E-state index in [2.05, 4.69) is 18.8 Å². The van der Waals surface area contributed by atoms with Gasteiger partial charge in [-0.2, -0.15) is 0 Å². The van der Waals surface area contributed by atoms with E-state index >= 15 is 0 Å². The smallest absolute Gasteiger partial charge is 0.303 e. The Balaban J connectivity index is 3.61. The van der Waals surface area contributed by atoms with Crippen LogP contribution in [0, 0.1) is 11.8 Å². The molecule has 0 fully saturated rings. The molecule has 0 rings (SSSR count). The monoisotopic (exact) mass is 308 g/mol. The third-order valence-corrected chi connectivity index (χ3v) is 3.57. The van der Waals surface area contributed by atoms with Crippen molar-refractivity contribution in [2.45, 2.75) is 90.1 Å². The molecule has 0 aromatic heterocycles. The summed E-state index contributed by atoms with van der Waals surface area (Å²) in [6.07, 6.45) is 14.3. The lowest BCUT2D eigenvalue weighted by molar-refractivity contribution is -0.137. The topological polar surface area (TPSA) is 57.5 Å². The van der Waals surface area contributed by atoms with Crippen LogP contribution in [0.4, 0.5) is 0 Å². The highest BCUT2D eigenvalue weighted by atomic mass is 16.4. The summed E-state index contributed by atoms with van der Waals surface area (Å²) in [5, 5.41) is 18.6. The number of aliphatic carboxylic acids is 1. The molecule has 0 spiro atoms. The summed E-state index contributed by atoms with van der Waals surface area (Å²) in [6, 6.07) is 0. The van der Waals surface area contributed by atoms with Crippen LogP contribution in [-0.4, -0.2) is 21.8 Å². The quantitative estimate of drug-likeness (QED) is 0.406. The van der Waals surface area contributed by atoms with Crippen LogP contribution in [0.1, 0.15) is 84.5 Å².